The molecule has 22 heavy (non-hydrogen) atoms. The summed E-state index contributed by atoms with van der Waals surface area (Å²) in [6, 6.07) is 12.8. The quantitative estimate of drug-likeness (QED) is 0.820. The predicted molar refractivity (Wildman–Crippen MR) is 91.1 cm³/mol. The average molecular weight is 338 g/mol. The van der Waals surface area contributed by atoms with Crippen LogP contribution in [-0.2, 0) is 4.79 Å². The van der Waals surface area contributed by atoms with Crippen molar-refractivity contribution in [2.75, 3.05) is 11.9 Å². The third-order valence-electron chi connectivity index (χ3n) is 3.14. The highest BCUT2D eigenvalue weighted by Crippen LogP contribution is 2.29. The molecule has 1 N–H and O–H groups in total. The Morgan fingerprint density at radius 1 is 1.14 bits per heavy atom. The normalized spacial score (nSPS) is 10.6. The van der Waals surface area contributed by atoms with Crippen molar-refractivity contribution in [3.63, 3.8) is 0 Å². The minimum Gasteiger partial charge on any atom is -0.484 e. The van der Waals surface area contributed by atoms with Crippen molar-refractivity contribution >= 4 is 34.8 Å². The Hall–Kier alpha value is -1.71. The van der Waals surface area contributed by atoms with Crippen LogP contribution in [0, 0.1) is 0 Å². The van der Waals surface area contributed by atoms with Crippen LogP contribution in [0.2, 0.25) is 10.0 Å². The molecule has 0 radical (unpaired) electrons. The Balaban J connectivity index is 1.91. The summed E-state index contributed by atoms with van der Waals surface area (Å²) in [5.41, 5.74) is 1.69. The first kappa shape index (κ1) is 16.7. The van der Waals surface area contributed by atoms with Gasteiger partial charge in [-0.25, -0.2) is 0 Å². The lowest BCUT2D eigenvalue weighted by molar-refractivity contribution is -0.118. The SMILES string of the molecule is CC(C)c1ccc(OCC(=O)Nc2cccc(Cl)c2Cl)cc1. The Labute approximate surface area is 140 Å². The lowest BCUT2D eigenvalue weighted by Gasteiger charge is -2.10. The Kier molecular flexibility index (Phi) is 5.69. The van der Waals surface area contributed by atoms with E-state index < -0.39 is 0 Å². The standard InChI is InChI=1S/C17H17Cl2NO2/c1-11(2)12-6-8-13(9-7-12)22-10-16(21)20-15-5-3-4-14(18)17(15)19/h3-9,11H,10H2,1-2H3,(H,20,21). The molecule has 0 aliphatic heterocycles. The molecule has 5 heteroatoms. The predicted octanol–water partition coefficient (Wildman–Crippen LogP) is 5.13. The second-order valence-electron chi connectivity index (χ2n) is 5.16. The van der Waals surface area contributed by atoms with Gasteiger partial charge >= 0.3 is 0 Å². The summed E-state index contributed by atoms with van der Waals surface area (Å²) in [7, 11) is 0. The molecule has 0 saturated heterocycles. The monoisotopic (exact) mass is 337 g/mol. The maximum absolute atomic E-state index is 11.9. The van der Waals surface area contributed by atoms with E-state index in [4.69, 9.17) is 27.9 Å². The largest absolute Gasteiger partial charge is 0.484 e. The molecule has 0 spiro atoms. The van der Waals surface area contributed by atoms with Gasteiger partial charge in [-0.2, -0.15) is 0 Å². The van der Waals surface area contributed by atoms with E-state index in [-0.39, 0.29) is 12.5 Å². The van der Waals surface area contributed by atoms with Crippen LogP contribution in [-0.4, -0.2) is 12.5 Å². The number of ether oxygens (including phenoxy) is 1. The third kappa shape index (κ3) is 4.39. The molecular formula is C17H17Cl2NO2. The summed E-state index contributed by atoms with van der Waals surface area (Å²) in [5, 5.41) is 3.38. The highest BCUT2D eigenvalue weighted by Gasteiger charge is 2.09. The van der Waals surface area contributed by atoms with Gasteiger partial charge in [0, 0.05) is 0 Å². The van der Waals surface area contributed by atoms with Gasteiger partial charge in [0.05, 0.1) is 15.7 Å². The third-order valence-corrected chi connectivity index (χ3v) is 3.96. The minimum atomic E-state index is -0.294. The first-order valence-electron chi connectivity index (χ1n) is 6.94. The van der Waals surface area contributed by atoms with E-state index >= 15 is 0 Å². The van der Waals surface area contributed by atoms with E-state index in [0.29, 0.717) is 27.4 Å². The molecule has 1 amide bonds. The van der Waals surface area contributed by atoms with Gasteiger partial charge in [0.1, 0.15) is 5.75 Å². The lowest BCUT2D eigenvalue weighted by Crippen LogP contribution is -2.20. The summed E-state index contributed by atoms with van der Waals surface area (Å²) >= 11 is 11.9. The molecule has 2 aromatic carbocycles. The molecule has 0 aliphatic rings. The Bertz CT molecular complexity index is 654. The molecule has 0 aromatic heterocycles. The highest BCUT2D eigenvalue weighted by molar-refractivity contribution is 6.43. The van der Waals surface area contributed by atoms with Crippen molar-refractivity contribution in [2.24, 2.45) is 0 Å². The number of amides is 1. The van der Waals surface area contributed by atoms with Crippen LogP contribution in [0.3, 0.4) is 0 Å². The van der Waals surface area contributed by atoms with Gasteiger partial charge in [-0.3, -0.25) is 4.79 Å². The van der Waals surface area contributed by atoms with Gasteiger partial charge in [-0.1, -0.05) is 55.2 Å². The Morgan fingerprint density at radius 3 is 2.45 bits per heavy atom. The van der Waals surface area contributed by atoms with Crippen LogP contribution in [0.5, 0.6) is 5.75 Å². The summed E-state index contributed by atoms with van der Waals surface area (Å²) in [6.07, 6.45) is 0. The molecule has 0 atom stereocenters. The number of hydrogen-bond acceptors (Lipinski definition) is 2. The number of nitrogens with one attached hydrogen (secondary N) is 1. The van der Waals surface area contributed by atoms with Crippen molar-refractivity contribution in [3.05, 3.63) is 58.1 Å². The van der Waals surface area contributed by atoms with Crippen LogP contribution in [0.1, 0.15) is 25.3 Å². The van der Waals surface area contributed by atoms with Crippen molar-refractivity contribution in [2.45, 2.75) is 19.8 Å². The van der Waals surface area contributed by atoms with E-state index in [1.165, 1.54) is 5.56 Å². The zero-order valence-electron chi connectivity index (χ0n) is 12.4. The van der Waals surface area contributed by atoms with E-state index in [9.17, 15) is 4.79 Å². The molecule has 2 aromatic rings. The summed E-state index contributed by atoms with van der Waals surface area (Å²) in [4.78, 5) is 11.9. The second-order valence-corrected chi connectivity index (χ2v) is 5.95. The number of halogens is 2. The van der Waals surface area contributed by atoms with Crippen molar-refractivity contribution < 1.29 is 9.53 Å². The van der Waals surface area contributed by atoms with Gasteiger partial charge < -0.3 is 10.1 Å². The van der Waals surface area contributed by atoms with Gasteiger partial charge in [-0.15, -0.1) is 0 Å². The van der Waals surface area contributed by atoms with Gasteiger partial charge in [-0.05, 0) is 35.7 Å². The zero-order chi connectivity index (χ0) is 16.1. The van der Waals surface area contributed by atoms with Gasteiger partial charge in [0.15, 0.2) is 6.61 Å². The molecule has 0 heterocycles. The number of carbonyl (C=O) groups is 1. The fourth-order valence-corrected chi connectivity index (χ4v) is 2.23. The van der Waals surface area contributed by atoms with Gasteiger partial charge in [0.2, 0.25) is 0 Å². The van der Waals surface area contributed by atoms with Crippen LogP contribution < -0.4 is 10.1 Å². The van der Waals surface area contributed by atoms with Crippen molar-refractivity contribution in [1.29, 1.82) is 0 Å². The van der Waals surface area contributed by atoms with Crippen LogP contribution in [0.15, 0.2) is 42.5 Å². The molecule has 116 valence electrons. The van der Waals surface area contributed by atoms with Gasteiger partial charge in [0.25, 0.3) is 5.91 Å². The fraction of sp³-hybridized carbons (Fsp3) is 0.235. The lowest BCUT2D eigenvalue weighted by atomic mass is 10.0. The van der Waals surface area contributed by atoms with E-state index in [2.05, 4.69) is 19.2 Å². The van der Waals surface area contributed by atoms with Crippen LogP contribution in [0.4, 0.5) is 5.69 Å². The molecule has 0 fully saturated rings. The van der Waals surface area contributed by atoms with Crippen LogP contribution >= 0.6 is 23.2 Å². The number of rotatable bonds is 5. The molecule has 0 saturated carbocycles. The first-order chi connectivity index (χ1) is 10.5. The fourth-order valence-electron chi connectivity index (χ4n) is 1.88. The highest BCUT2D eigenvalue weighted by atomic mass is 35.5. The summed E-state index contributed by atoms with van der Waals surface area (Å²) in [6.45, 7) is 4.15. The number of anilines is 1. The molecule has 2 rings (SSSR count). The van der Waals surface area contributed by atoms with E-state index in [0.717, 1.165) is 0 Å². The molecular weight excluding hydrogens is 321 g/mol. The van der Waals surface area contributed by atoms with E-state index in [1.807, 2.05) is 24.3 Å². The van der Waals surface area contributed by atoms with Crippen molar-refractivity contribution in [1.82, 2.24) is 0 Å². The molecule has 0 aliphatic carbocycles. The van der Waals surface area contributed by atoms with Crippen molar-refractivity contribution in [3.8, 4) is 5.75 Å². The van der Waals surface area contributed by atoms with E-state index in [1.54, 1.807) is 18.2 Å². The van der Waals surface area contributed by atoms with Crippen LogP contribution in [0.25, 0.3) is 0 Å². The number of benzene rings is 2. The minimum absolute atomic E-state index is 0.0934. The first-order valence-corrected chi connectivity index (χ1v) is 7.69. The maximum Gasteiger partial charge on any atom is 0.262 e. The molecule has 3 nitrogen and oxygen atoms in total. The zero-order valence-corrected chi connectivity index (χ0v) is 13.9. The number of hydrogen-bond donors (Lipinski definition) is 1. The Morgan fingerprint density at radius 2 is 1.82 bits per heavy atom. The molecule has 0 unspecified atom stereocenters. The maximum atomic E-state index is 11.9. The second kappa shape index (κ2) is 7.52. The number of carbonyl (C=O) groups excluding carboxylic acids is 1. The summed E-state index contributed by atoms with van der Waals surface area (Å²) < 4.78 is 5.46. The topological polar surface area (TPSA) is 38.3 Å². The smallest absolute Gasteiger partial charge is 0.262 e. The molecule has 0 bridgehead atoms. The average Bonchev–Trinajstić information content (AvgIpc) is 2.50. The summed E-state index contributed by atoms with van der Waals surface area (Å²) in [5.74, 6) is 0.816.